The van der Waals surface area contributed by atoms with E-state index in [1.807, 2.05) is 0 Å². The third-order valence-corrected chi connectivity index (χ3v) is 4.54. The van der Waals surface area contributed by atoms with Crippen molar-refractivity contribution in [1.82, 2.24) is 9.78 Å². The van der Waals surface area contributed by atoms with E-state index in [0.717, 1.165) is 0 Å². The Morgan fingerprint density at radius 3 is 2.70 bits per heavy atom. The Balaban J connectivity index is 1.76. The Labute approximate surface area is 178 Å². The molecule has 6 nitrogen and oxygen atoms in total. The van der Waals surface area contributed by atoms with Crippen LogP contribution in [0, 0.1) is 5.82 Å². The van der Waals surface area contributed by atoms with E-state index in [9.17, 15) is 18.0 Å². The van der Waals surface area contributed by atoms with E-state index in [1.54, 1.807) is 31.3 Å². The summed E-state index contributed by atoms with van der Waals surface area (Å²) < 4.78 is 50.5. The third kappa shape index (κ3) is 5.32. The molecular formula is C20H17BrF3N3O3. The molecule has 3 aromatic rings. The number of benzene rings is 2. The molecule has 1 aromatic heterocycles. The zero-order chi connectivity index (χ0) is 21.7. The molecule has 1 amide bonds. The van der Waals surface area contributed by atoms with Crippen molar-refractivity contribution in [3.05, 3.63) is 70.1 Å². The molecule has 10 heteroatoms. The van der Waals surface area contributed by atoms with Gasteiger partial charge < -0.3 is 14.8 Å². The van der Waals surface area contributed by atoms with Gasteiger partial charge in [-0.1, -0.05) is 18.2 Å². The minimum atomic E-state index is -3.02. The van der Waals surface area contributed by atoms with Crippen molar-refractivity contribution in [3.63, 3.8) is 0 Å². The number of hydrogen-bond donors (Lipinski definition) is 1. The first kappa shape index (κ1) is 21.7. The molecule has 0 fully saturated rings. The summed E-state index contributed by atoms with van der Waals surface area (Å²) in [5.74, 6) is -0.809. The second-order valence-corrected chi connectivity index (χ2v) is 6.90. The largest absolute Gasteiger partial charge is 0.490 e. The second-order valence-electron chi connectivity index (χ2n) is 6.04. The number of ether oxygens (including phenoxy) is 2. The predicted octanol–water partition coefficient (Wildman–Crippen LogP) is 5.09. The average molecular weight is 484 g/mol. The molecule has 0 aliphatic carbocycles. The zero-order valence-corrected chi connectivity index (χ0v) is 17.3. The predicted molar refractivity (Wildman–Crippen MR) is 108 cm³/mol. The summed E-state index contributed by atoms with van der Waals surface area (Å²) in [4.78, 5) is 12.6. The van der Waals surface area contributed by atoms with Crippen LogP contribution in [0.15, 0.2) is 53.1 Å². The number of halogens is 4. The lowest BCUT2D eigenvalue weighted by atomic mass is 10.2. The highest BCUT2D eigenvalue weighted by molar-refractivity contribution is 9.10. The fourth-order valence-electron chi connectivity index (χ4n) is 2.65. The van der Waals surface area contributed by atoms with Gasteiger partial charge in [0.2, 0.25) is 0 Å². The molecule has 0 atom stereocenters. The Morgan fingerprint density at radius 1 is 1.23 bits per heavy atom. The number of alkyl halides is 2. The SMILES string of the molecule is CCOc1cc(C(=O)Nc2nn(Cc3ccccc3F)cc2Br)ccc1OC(F)F. The molecule has 0 aliphatic heterocycles. The molecule has 1 N–H and O–H groups in total. The minimum Gasteiger partial charge on any atom is -0.490 e. The molecule has 0 aliphatic rings. The zero-order valence-electron chi connectivity index (χ0n) is 15.7. The van der Waals surface area contributed by atoms with Gasteiger partial charge in [-0.2, -0.15) is 13.9 Å². The van der Waals surface area contributed by atoms with Gasteiger partial charge in [0, 0.05) is 17.3 Å². The third-order valence-electron chi connectivity index (χ3n) is 3.96. The molecule has 158 valence electrons. The quantitative estimate of drug-likeness (QED) is 0.484. The van der Waals surface area contributed by atoms with Crippen molar-refractivity contribution in [1.29, 1.82) is 0 Å². The molecule has 0 bridgehead atoms. The van der Waals surface area contributed by atoms with Gasteiger partial charge in [-0.3, -0.25) is 9.48 Å². The molecule has 0 unspecified atom stereocenters. The molecule has 3 rings (SSSR count). The number of amides is 1. The topological polar surface area (TPSA) is 65.4 Å². The van der Waals surface area contributed by atoms with Crippen LogP contribution in [0.4, 0.5) is 19.0 Å². The van der Waals surface area contributed by atoms with Crippen LogP contribution in [0.1, 0.15) is 22.8 Å². The highest BCUT2D eigenvalue weighted by atomic mass is 79.9. The number of hydrogen-bond acceptors (Lipinski definition) is 4. The Bertz CT molecular complexity index is 1040. The number of nitrogens with zero attached hydrogens (tertiary/aromatic N) is 2. The van der Waals surface area contributed by atoms with E-state index in [4.69, 9.17) is 4.74 Å². The Kier molecular flexibility index (Phi) is 6.99. The number of carbonyl (C=O) groups excluding carboxylic acids is 1. The Hall–Kier alpha value is -3.01. The first-order valence-corrected chi connectivity index (χ1v) is 9.66. The lowest BCUT2D eigenvalue weighted by Crippen LogP contribution is -2.14. The van der Waals surface area contributed by atoms with Crippen molar-refractivity contribution in [2.75, 3.05) is 11.9 Å². The highest BCUT2D eigenvalue weighted by Gasteiger charge is 2.17. The van der Waals surface area contributed by atoms with Crippen LogP contribution >= 0.6 is 15.9 Å². The summed E-state index contributed by atoms with van der Waals surface area (Å²) in [6.45, 7) is -0.956. The van der Waals surface area contributed by atoms with Crippen LogP contribution in [0.5, 0.6) is 11.5 Å². The van der Waals surface area contributed by atoms with Gasteiger partial charge in [0.05, 0.1) is 17.6 Å². The molecular weight excluding hydrogens is 467 g/mol. The first-order chi connectivity index (χ1) is 14.4. The number of anilines is 1. The van der Waals surface area contributed by atoms with Crippen molar-refractivity contribution in [2.45, 2.75) is 20.1 Å². The van der Waals surface area contributed by atoms with E-state index in [1.165, 1.54) is 28.9 Å². The average Bonchev–Trinajstić information content (AvgIpc) is 3.03. The van der Waals surface area contributed by atoms with E-state index >= 15 is 0 Å². The van der Waals surface area contributed by atoms with Gasteiger partial charge in [0.25, 0.3) is 5.91 Å². The molecule has 0 spiro atoms. The summed E-state index contributed by atoms with van der Waals surface area (Å²) in [7, 11) is 0. The van der Waals surface area contributed by atoms with E-state index in [-0.39, 0.29) is 41.8 Å². The van der Waals surface area contributed by atoms with Crippen LogP contribution in [0.25, 0.3) is 0 Å². The minimum absolute atomic E-state index is 0.0228. The summed E-state index contributed by atoms with van der Waals surface area (Å²) in [5.41, 5.74) is 0.608. The molecule has 0 saturated heterocycles. The van der Waals surface area contributed by atoms with E-state index in [2.05, 4.69) is 31.1 Å². The number of carbonyl (C=O) groups is 1. The van der Waals surface area contributed by atoms with Gasteiger partial charge >= 0.3 is 6.61 Å². The van der Waals surface area contributed by atoms with Crippen LogP contribution in [0.3, 0.4) is 0 Å². The van der Waals surface area contributed by atoms with Gasteiger partial charge in [0.15, 0.2) is 17.3 Å². The van der Waals surface area contributed by atoms with Crippen LogP contribution < -0.4 is 14.8 Å². The van der Waals surface area contributed by atoms with Gasteiger partial charge in [-0.15, -0.1) is 0 Å². The van der Waals surface area contributed by atoms with Crippen LogP contribution in [-0.2, 0) is 6.54 Å². The number of nitrogens with one attached hydrogen (secondary N) is 1. The summed E-state index contributed by atoms with van der Waals surface area (Å²) in [6.07, 6.45) is 1.60. The summed E-state index contributed by atoms with van der Waals surface area (Å²) >= 11 is 3.31. The second kappa shape index (κ2) is 9.66. The van der Waals surface area contributed by atoms with Crippen LogP contribution in [0.2, 0.25) is 0 Å². The first-order valence-electron chi connectivity index (χ1n) is 8.86. The molecule has 1 heterocycles. The normalized spacial score (nSPS) is 10.9. The fraction of sp³-hybridized carbons (Fsp3) is 0.200. The van der Waals surface area contributed by atoms with Gasteiger partial charge in [-0.25, -0.2) is 4.39 Å². The maximum Gasteiger partial charge on any atom is 0.387 e. The summed E-state index contributed by atoms with van der Waals surface area (Å²) in [5, 5.41) is 6.86. The maximum absolute atomic E-state index is 13.8. The van der Waals surface area contributed by atoms with E-state index < -0.39 is 12.5 Å². The standard InChI is InChI=1S/C20H17BrF3N3O3/c1-2-29-17-9-12(7-8-16(17)30-20(23)24)19(28)25-18-14(21)11-27(26-18)10-13-5-3-4-6-15(13)22/h3-9,11,20H,2,10H2,1H3,(H,25,26,28). The summed E-state index contributed by atoms with van der Waals surface area (Å²) in [6, 6.07) is 10.2. The monoisotopic (exact) mass is 483 g/mol. The molecule has 2 aromatic carbocycles. The van der Waals surface area contributed by atoms with Crippen molar-refractivity contribution in [2.24, 2.45) is 0 Å². The maximum atomic E-state index is 13.8. The van der Waals surface area contributed by atoms with Crippen molar-refractivity contribution < 1.29 is 27.4 Å². The van der Waals surface area contributed by atoms with Gasteiger partial charge in [0.1, 0.15) is 5.82 Å². The van der Waals surface area contributed by atoms with Crippen LogP contribution in [-0.4, -0.2) is 28.9 Å². The van der Waals surface area contributed by atoms with E-state index in [0.29, 0.717) is 10.0 Å². The molecule has 0 saturated carbocycles. The molecule has 30 heavy (non-hydrogen) atoms. The number of aromatic nitrogens is 2. The lowest BCUT2D eigenvalue weighted by Gasteiger charge is -2.12. The van der Waals surface area contributed by atoms with Gasteiger partial charge in [-0.05, 0) is 47.1 Å². The van der Waals surface area contributed by atoms with Crippen molar-refractivity contribution >= 4 is 27.7 Å². The number of rotatable bonds is 8. The molecule has 0 radical (unpaired) electrons. The van der Waals surface area contributed by atoms with Crippen molar-refractivity contribution in [3.8, 4) is 11.5 Å². The lowest BCUT2D eigenvalue weighted by molar-refractivity contribution is -0.0514. The highest BCUT2D eigenvalue weighted by Crippen LogP contribution is 2.30. The Morgan fingerprint density at radius 2 is 2.00 bits per heavy atom. The smallest absolute Gasteiger partial charge is 0.387 e. The fourth-order valence-corrected chi connectivity index (χ4v) is 3.07.